The number of phenols is 1. The second kappa shape index (κ2) is 5.52. The Bertz CT molecular complexity index is 609. The molecule has 4 heteroatoms. The molecule has 1 aromatic carbocycles. The smallest absolute Gasteiger partial charge is 0.251 e. The molecule has 0 unspecified atom stereocenters. The number of hydrogen-bond donors (Lipinski definition) is 2. The average molecular weight is 256 g/mol. The summed E-state index contributed by atoms with van der Waals surface area (Å²) < 4.78 is 0. The Hall–Kier alpha value is -2.36. The van der Waals surface area contributed by atoms with Gasteiger partial charge in [-0.3, -0.25) is 9.78 Å². The summed E-state index contributed by atoms with van der Waals surface area (Å²) in [5.41, 5.74) is 3.32. The van der Waals surface area contributed by atoms with E-state index in [4.69, 9.17) is 0 Å². The Balaban J connectivity index is 2.05. The van der Waals surface area contributed by atoms with Gasteiger partial charge in [0.2, 0.25) is 0 Å². The van der Waals surface area contributed by atoms with Crippen molar-refractivity contribution >= 4 is 5.91 Å². The number of carbonyl (C=O) groups is 1. The summed E-state index contributed by atoms with van der Waals surface area (Å²) in [7, 11) is 0. The number of aryl methyl sites for hydroxylation is 2. The molecule has 1 heterocycles. The molecular weight excluding hydrogens is 240 g/mol. The summed E-state index contributed by atoms with van der Waals surface area (Å²) in [6.45, 7) is 4.19. The molecule has 0 saturated carbocycles. The van der Waals surface area contributed by atoms with E-state index in [1.807, 2.05) is 13.0 Å². The Morgan fingerprint density at radius 1 is 1.26 bits per heavy atom. The number of phenolic OH excluding ortho intramolecular Hbond substituents is 1. The Kier molecular flexibility index (Phi) is 3.80. The number of rotatable bonds is 3. The SMILES string of the molecule is Cc1cc(C(=O)NCc2ccncc2C)ccc1O. The third-order valence-electron chi connectivity index (χ3n) is 3.03. The van der Waals surface area contributed by atoms with Gasteiger partial charge in [0.05, 0.1) is 0 Å². The van der Waals surface area contributed by atoms with Crippen molar-refractivity contribution in [3.8, 4) is 5.75 Å². The molecule has 19 heavy (non-hydrogen) atoms. The first-order chi connectivity index (χ1) is 9.08. The van der Waals surface area contributed by atoms with Gasteiger partial charge in [0.15, 0.2) is 0 Å². The minimum Gasteiger partial charge on any atom is -0.508 e. The number of benzene rings is 1. The first-order valence-electron chi connectivity index (χ1n) is 6.05. The lowest BCUT2D eigenvalue weighted by Crippen LogP contribution is -2.23. The Labute approximate surface area is 112 Å². The highest BCUT2D eigenvalue weighted by molar-refractivity contribution is 5.94. The lowest BCUT2D eigenvalue weighted by atomic mass is 10.1. The van der Waals surface area contributed by atoms with Crippen LogP contribution >= 0.6 is 0 Å². The molecule has 0 atom stereocenters. The van der Waals surface area contributed by atoms with Gasteiger partial charge in [-0.05, 0) is 54.8 Å². The fraction of sp³-hybridized carbons (Fsp3) is 0.200. The normalized spacial score (nSPS) is 10.2. The van der Waals surface area contributed by atoms with Gasteiger partial charge in [-0.1, -0.05) is 0 Å². The van der Waals surface area contributed by atoms with E-state index in [0.29, 0.717) is 17.7 Å². The van der Waals surface area contributed by atoms with E-state index in [-0.39, 0.29) is 11.7 Å². The topological polar surface area (TPSA) is 62.2 Å². The van der Waals surface area contributed by atoms with Crippen molar-refractivity contribution in [2.24, 2.45) is 0 Å². The number of nitrogens with one attached hydrogen (secondary N) is 1. The largest absolute Gasteiger partial charge is 0.508 e. The molecule has 0 radical (unpaired) electrons. The van der Waals surface area contributed by atoms with Crippen LogP contribution in [0.15, 0.2) is 36.7 Å². The van der Waals surface area contributed by atoms with Gasteiger partial charge in [0, 0.05) is 24.5 Å². The molecule has 2 aromatic rings. The summed E-state index contributed by atoms with van der Waals surface area (Å²) in [5, 5.41) is 12.3. The molecule has 2 N–H and O–H groups in total. The zero-order chi connectivity index (χ0) is 13.8. The number of amides is 1. The van der Waals surface area contributed by atoms with Crippen LogP contribution in [-0.4, -0.2) is 16.0 Å². The highest BCUT2D eigenvalue weighted by atomic mass is 16.3. The van der Waals surface area contributed by atoms with Gasteiger partial charge >= 0.3 is 0 Å². The van der Waals surface area contributed by atoms with Crippen LogP contribution in [0.1, 0.15) is 27.0 Å². The highest BCUT2D eigenvalue weighted by Gasteiger charge is 2.07. The van der Waals surface area contributed by atoms with E-state index in [0.717, 1.165) is 11.1 Å². The van der Waals surface area contributed by atoms with Crippen LogP contribution in [0.25, 0.3) is 0 Å². The van der Waals surface area contributed by atoms with Gasteiger partial charge in [-0.15, -0.1) is 0 Å². The van der Waals surface area contributed by atoms with Crippen molar-refractivity contribution < 1.29 is 9.90 Å². The third-order valence-corrected chi connectivity index (χ3v) is 3.03. The molecule has 0 aliphatic rings. The summed E-state index contributed by atoms with van der Waals surface area (Å²) >= 11 is 0. The monoisotopic (exact) mass is 256 g/mol. The minimum atomic E-state index is -0.153. The fourth-order valence-corrected chi connectivity index (χ4v) is 1.77. The maximum Gasteiger partial charge on any atom is 0.251 e. The fourth-order valence-electron chi connectivity index (χ4n) is 1.77. The van der Waals surface area contributed by atoms with Crippen LogP contribution in [0.2, 0.25) is 0 Å². The average Bonchev–Trinajstić information content (AvgIpc) is 2.40. The Morgan fingerprint density at radius 2 is 2.05 bits per heavy atom. The van der Waals surface area contributed by atoms with E-state index in [1.165, 1.54) is 6.07 Å². The first kappa shape index (κ1) is 13.1. The number of hydrogen-bond acceptors (Lipinski definition) is 3. The first-order valence-corrected chi connectivity index (χ1v) is 6.05. The highest BCUT2D eigenvalue weighted by Crippen LogP contribution is 2.17. The predicted molar refractivity (Wildman–Crippen MR) is 73.0 cm³/mol. The van der Waals surface area contributed by atoms with Gasteiger partial charge in [-0.25, -0.2) is 0 Å². The van der Waals surface area contributed by atoms with Crippen molar-refractivity contribution in [2.75, 3.05) is 0 Å². The lowest BCUT2D eigenvalue weighted by molar-refractivity contribution is 0.0951. The third kappa shape index (κ3) is 3.10. The van der Waals surface area contributed by atoms with E-state index >= 15 is 0 Å². The van der Waals surface area contributed by atoms with Crippen molar-refractivity contribution in [3.05, 3.63) is 58.9 Å². The van der Waals surface area contributed by atoms with Crippen LogP contribution in [0.3, 0.4) is 0 Å². The summed E-state index contributed by atoms with van der Waals surface area (Å²) in [5.74, 6) is 0.0424. The Morgan fingerprint density at radius 3 is 2.74 bits per heavy atom. The molecule has 98 valence electrons. The second-order valence-corrected chi connectivity index (χ2v) is 4.49. The van der Waals surface area contributed by atoms with Gasteiger partial charge in [0.25, 0.3) is 5.91 Å². The minimum absolute atomic E-state index is 0.153. The van der Waals surface area contributed by atoms with Crippen LogP contribution in [0.5, 0.6) is 5.75 Å². The molecule has 0 aliphatic heterocycles. The van der Waals surface area contributed by atoms with E-state index in [1.54, 1.807) is 31.5 Å². The molecule has 4 nitrogen and oxygen atoms in total. The van der Waals surface area contributed by atoms with E-state index in [9.17, 15) is 9.90 Å². The van der Waals surface area contributed by atoms with Crippen LogP contribution < -0.4 is 5.32 Å². The zero-order valence-electron chi connectivity index (χ0n) is 11.0. The van der Waals surface area contributed by atoms with Gasteiger partial charge in [0.1, 0.15) is 5.75 Å². The summed E-state index contributed by atoms with van der Waals surface area (Å²) in [6.07, 6.45) is 3.48. The van der Waals surface area contributed by atoms with Crippen LogP contribution in [0, 0.1) is 13.8 Å². The van der Waals surface area contributed by atoms with Crippen LogP contribution in [-0.2, 0) is 6.54 Å². The standard InChI is InChI=1S/C15H16N2O2/c1-10-7-12(3-4-14(10)18)15(19)17-9-13-5-6-16-8-11(13)2/h3-8,18H,9H2,1-2H3,(H,17,19). The number of carbonyl (C=O) groups excluding carboxylic acids is 1. The van der Waals surface area contributed by atoms with Crippen molar-refractivity contribution in [1.29, 1.82) is 0 Å². The van der Waals surface area contributed by atoms with E-state index in [2.05, 4.69) is 10.3 Å². The molecule has 0 bridgehead atoms. The van der Waals surface area contributed by atoms with Gasteiger partial charge in [-0.2, -0.15) is 0 Å². The molecule has 1 aromatic heterocycles. The summed E-state index contributed by atoms with van der Waals surface area (Å²) in [4.78, 5) is 16.0. The number of aromatic nitrogens is 1. The van der Waals surface area contributed by atoms with E-state index < -0.39 is 0 Å². The van der Waals surface area contributed by atoms with Crippen molar-refractivity contribution in [2.45, 2.75) is 20.4 Å². The predicted octanol–water partition coefficient (Wildman–Crippen LogP) is 2.33. The molecule has 0 spiro atoms. The van der Waals surface area contributed by atoms with Crippen molar-refractivity contribution in [1.82, 2.24) is 10.3 Å². The molecule has 0 fully saturated rings. The number of pyridine rings is 1. The zero-order valence-corrected chi connectivity index (χ0v) is 11.0. The lowest BCUT2D eigenvalue weighted by Gasteiger charge is -2.08. The quantitative estimate of drug-likeness (QED) is 0.886. The maximum atomic E-state index is 12.0. The number of nitrogens with zero attached hydrogens (tertiary/aromatic N) is 1. The second-order valence-electron chi connectivity index (χ2n) is 4.49. The molecular formula is C15H16N2O2. The molecule has 0 aliphatic carbocycles. The van der Waals surface area contributed by atoms with Crippen LogP contribution in [0.4, 0.5) is 0 Å². The molecule has 2 rings (SSSR count). The summed E-state index contributed by atoms with van der Waals surface area (Å²) in [6, 6.07) is 6.70. The molecule has 1 amide bonds. The number of aromatic hydroxyl groups is 1. The van der Waals surface area contributed by atoms with Gasteiger partial charge < -0.3 is 10.4 Å². The molecule has 0 saturated heterocycles. The van der Waals surface area contributed by atoms with Crippen molar-refractivity contribution in [3.63, 3.8) is 0 Å². The maximum absolute atomic E-state index is 12.0.